The van der Waals surface area contributed by atoms with Crippen LogP contribution in [-0.4, -0.2) is 26.5 Å². The Hall–Kier alpha value is -3.28. The Bertz CT molecular complexity index is 1050. The predicted molar refractivity (Wildman–Crippen MR) is 121 cm³/mol. The third kappa shape index (κ3) is 5.08. The fourth-order valence-corrected chi connectivity index (χ4v) is 3.92. The van der Waals surface area contributed by atoms with E-state index in [1.807, 2.05) is 48.5 Å². The van der Waals surface area contributed by atoms with E-state index in [2.05, 4.69) is 27.0 Å². The van der Waals surface area contributed by atoms with E-state index >= 15 is 0 Å². The summed E-state index contributed by atoms with van der Waals surface area (Å²) in [6.45, 7) is 3.03. The smallest absolute Gasteiger partial charge is 0.224 e. The summed E-state index contributed by atoms with van der Waals surface area (Å²) in [5.74, 6) is 1.76. The molecule has 2 aromatic carbocycles. The standard InChI is InChI=1S/C25H28N4O2/c1-2-18-7-9-19(10-8-18)22(30)15-16-24(31)26-21-13-11-20(12-14-21)25-28-27-23-6-4-3-5-17-29(23)25/h7-14H,2-6,15-17H2,1H3,(H,26,31). The predicted octanol–water partition coefficient (Wildman–Crippen LogP) is 4.84. The van der Waals surface area contributed by atoms with Crippen LogP contribution >= 0.6 is 0 Å². The van der Waals surface area contributed by atoms with Gasteiger partial charge >= 0.3 is 0 Å². The molecule has 1 amide bonds. The van der Waals surface area contributed by atoms with Gasteiger partial charge in [-0.05, 0) is 49.1 Å². The van der Waals surface area contributed by atoms with E-state index in [0.717, 1.165) is 49.4 Å². The zero-order valence-electron chi connectivity index (χ0n) is 17.9. The Morgan fingerprint density at radius 3 is 2.45 bits per heavy atom. The lowest BCUT2D eigenvalue weighted by Gasteiger charge is -2.09. The minimum absolute atomic E-state index is 0.0133. The molecule has 6 nitrogen and oxygen atoms in total. The van der Waals surface area contributed by atoms with Crippen molar-refractivity contribution in [2.24, 2.45) is 0 Å². The highest BCUT2D eigenvalue weighted by molar-refractivity contribution is 6.00. The van der Waals surface area contributed by atoms with E-state index in [4.69, 9.17) is 0 Å². The van der Waals surface area contributed by atoms with Crippen LogP contribution < -0.4 is 5.32 Å². The first-order valence-electron chi connectivity index (χ1n) is 11.1. The van der Waals surface area contributed by atoms with Gasteiger partial charge in [-0.15, -0.1) is 10.2 Å². The second-order valence-electron chi connectivity index (χ2n) is 8.00. The summed E-state index contributed by atoms with van der Waals surface area (Å²) in [6.07, 6.45) is 5.80. The van der Waals surface area contributed by atoms with Crippen molar-refractivity contribution >= 4 is 17.4 Å². The van der Waals surface area contributed by atoms with Gasteiger partial charge < -0.3 is 9.88 Å². The number of ketones is 1. The van der Waals surface area contributed by atoms with Crippen LogP contribution in [0.4, 0.5) is 5.69 Å². The number of carbonyl (C=O) groups excluding carboxylic acids is 2. The molecule has 160 valence electrons. The molecule has 0 spiro atoms. The van der Waals surface area contributed by atoms with Gasteiger partial charge in [-0.1, -0.05) is 37.6 Å². The van der Waals surface area contributed by atoms with Crippen LogP contribution in [0.5, 0.6) is 0 Å². The first-order chi connectivity index (χ1) is 15.1. The average molecular weight is 417 g/mol. The number of fused-ring (bicyclic) bond motifs is 1. The maximum atomic E-state index is 12.3. The molecule has 0 bridgehead atoms. The number of rotatable bonds is 7. The first kappa shape index (κ1) is 21.0. The van der Waals surface area contributed by atoms with Gasteiger partial charge in [0.15, 0.2) is 11.6 Å². The monoisotopic (exact) mass is 416 g/mol. The van der Waals surface area contributed by atoms with Gasteiger partial charge in [0, 0.05) is 42.6 Å². The largest absolute Gasteiger partial charge is 0.326 e. The summed E-state index contributed by atoms with van der Waals surface area (Å²) >= 11 is 0. The number of benzene rings is 2. The molecule has 3 aromatic rings. The van der Waals surface area contributed by atoms with Gasteiger partial charge in [-0.2, -0.15) is 0 Å². The molecule has 0 atom stereocenters. The van der Waals surface area contributed by atoms with Crippen molar-refractivity contribution in [2.45, 2.75) is 58.4 Å². The fourth-order valence-electron chi connectivity index (χ4n) is 3.92. The van der Waals surface area contributed by atoms with E-state index in [1.54, 1.807) is 0 Å². The van der Waals surface area contributed by atoms with Crippen LogP contribution in [0.1, 0.15) is 60.8 Å². The van der Waals surface area contributed by atoms with Crippen molar-refractivity contribution in [1.82, 2.24) is 14.8 Å². The number of amides is 1. The minimum atomic E-state index is -0.164. The molecule has 31 heavy (non-hydrogen) atoms. The Kier molecular flexibility index (Phi) is 6.55. The van der Waals surface area contributed by atoms with Crippen molar-refractivity contribution in [3.05, 3.63) is 65.5 Å². The Morgan fingerprint density at radius 1 is 0.935 bits per heavy atom. The topological polar surface area (TPSA) is 76.9 Å². The van der Waals surface area contributed by atoms with Crippen LogP contribution in [0.15, 0.2) is 48.5 Å². The second kappa shape index (κ2) is 9.69. The summed E-state index contributed by atoms with van der Waals surface area (Å²) in [5.41, 5.74) is 3.55. The summed E-state index contributed by atoms with van der Waals surface area (Å²) in [5, 5.41) is 11.6. The van der Waals surface area contributed by atoms with Crippen LogP contribution in [-0.2, 0) is 24.2 Å². The zero-order valence-corrected chi connectivity index (χ0v) is 17.9. The maximum absolute atomic E-state index is 12.3. The molecule has 0 saturated heterocycles. The van der Waals surface area contributed by atoms with E-state index in [9.17, 15) is 9.59 Å². The van der Waals surface area contributed by atoms with Crippen LogP contribution in [0.2, 0.25) is 0 Å². The fraction of sp³-hybridized carbons (Fsp3) is 0.360. The van der Waals surface area contributed by atoms with E-state index < -0.39 is 0 Å². The van der Waals surface area contributed by atoms with Crippen LogP contribution in [0, 0.1) is 0 Å². The molecule has 1 N–H and O–H groups in total. The summed E-state index contributed by atoms with van der Waals surface area (Å²) in [7, 11) is 0. The molecular formula is C25H28N4O2. The average Bonchev–Trinajstić information content (AvgIpc) is 3.06. The van der Waals surface area contributed by atoms with Gasteiger partial charge in [0.2, 0.25) is 5.91 Å². The number of carbonyl (C=O) groups is 2. The van der Waals surface area contributed by atoms with Crippen LogP contribution in [0.3, 0.4) is 0 Å². The lowest BCUT2D eigenvalue weighted by atomic mass is 10.0. The van der Waals surface area contributed by atoms with Crippen molar-refractivity contribution in [1.29, 1.82) is 0 Å². The van der Waals surface area contributed by atoms with Gasteiger partial charge in [0.25, 0.3) is 0 Å². The number of aryl methyl sites for hydroxylation is 2. The number of Topliss-reactive ketones (excluding diaryl/α,β-unsaturated/α-hetero) is 1. The van der Waals surface area contributed by atoms with Gasteiger partial charge in [0.1, 0.15) is 5.82 Å². The Balaban J connectivity index is 1.33. The van der Waals surface area contributed by atoms with Gasteiger partial charge in [-0.25, -0.2) is 0 Å². The highest BCUT2D eigenvalue weighted by Gasteiger charge is 2.16. The number of nitrogens with zero attached hydrogens (tertiary/aromatic N) is 3. The van der Waals surface area contributed by atoms with Crippen molar-refractivity contribution in [3.8, 4) is 11.4 Å². The molecular weight excluding hydrogens is 388 g/mol. The maximum Gasteiger partial charge on any atom is 0.224 e. The first-order valence-corrected chi connectivity index (χ1v) is 11.1. The molecule has 0 aliphatic carbocycles. The number of anilines is 1. The molecule has 0 fully saturated rings. The highest BCUT2D eigenvalue weighted by atomic mass is 16.2. The number of aromatic nitrogens is 3. The number of nitrogens with one attached hydrogen (secondary N) is 1. The lowest BCUT2D eigenvalue weighted by Crippen LogP contribution is -2.13. The summed E-state index contributed by atoms with van der Waals surface area (Å²) < 4.78 is 2.21. The van der Waals surface area contributed by atoms with Crippen molar-refractivity contribution < 1.29 is 9.59 Å². The molecule has 0 saturated carbocycles. The quantitative estimate of drug-likeness (QED) is 0.559. The van der Waals surface area contributed by atoms with Crippen molar-refractivity contribution in [3.63, 3.8) is 0 Å². The number of hydrogen-bond donors (Lipinski definition) is 1. The normalized spacial score (nSPS) is 13.3. The van der Waals surface area contributed by atoms with Crippen LogP contribution in [0.25, 0.3) is 11.4 Å². The molecule has 1 aliphatic heterocycles. The zero-order chi connectivity index (χ0) is 21.6. The third-order valence-corrected chi connectivity index (χ3v) is 5.80. The summed E-state index contributed by atoms with van der Waals surface area (Å²) in [4.78, 5) is 24.6. The number of hydrogen-bond acceptors (Lipinski definition) is 4. The van der Waals surface area contributed by atoms with Crippen molar-refractivity contribution in [2.75, 3.05) is 5.32 Å². The SMILES string of the molecule is CCc1ccc(C(=O)CCC(=O)Nc2ccc(-c3nnc4n3CCCCC4)cc2)cc1. The molecule has 0 radical (unpaired) electrons. The van der Waals surface area contributed by atoms with E-state index in [0.29, 0.717) is 11.3 Å². The minimum Gasteiger partial charge on any atom is -0.326 e. The highest BCUT2D eigenvalue weighted by Crippen LogP contribution is 2.24. The lowest BCUT2D eigenvalue weighted by molar-refractivity contribution is -0.116. The second-order valence-corrected chi connectivity index (χ2v) is 8.00. The van der Waals surface area contributed by atoms with Gasteiger partial charge in [-0.3, -0.25) is 9.59 Å². The molecule has 6 heteroatoms. The van der Waals surface area contributed by atoms with Gasteiger partial charge in [0.05, 0.1) is 0 Å². The summed E-state index contributed by atoms with van der Waals surface area (Å²) in [6, 6.07) is 15.3. The molecule has 2 heterocycles. The Labute approximate surface area is 182 Å². The van der Waals surface area contributed by atoms with E-state index in [-0.39, 0.29) is 24.5 Å². The van der Waals surface area contributed by atoms with E-state index in [1.165, 1.54) is 12.0 Å². The Morgan fingerprint density at radius 2 is 1.71 bits per heavy atom. The molecule has 4 rings (SSSR count). The third-order valence-electron chi connectivity index (χ3n) is 5.80. The molecule has 0 unspecified atom stereocenters. The molecule has 1 aliphatic rings. The molecule has 1 aromatic heterocycles.